The maximum absolute atomic E-state index is 6.22. The van der Waals surface area contributed by atoms with Crippen molar-refractivity contribution in [2.24, 2.45) is 0 Å². The van der Waals surface area contributed by atoms with Crippen molar-refractivity contribution in [1.29, 1.82) is 0 Å². The molecule has 3 nitrogen and oxygen atoms in total. The molecule has 0 spiro atoms. The highest BCUT2D eigenvalue weighted by atomic mass is 16.7. The van der Waals surface area contributed by atoms with Crippen LogP contribution in [0, 0.1) is 0 Å². The van der Waals surface area contributed by atoms with Crippen molar-refractivity contribution in [1.82, 2.24) is 5.32 Å². The Morgan fingerprint density at radius 3 is 2.00 bits per heavy atom. The molecule has 27 heavy (non-hydrogen) atoms. The minimum atomic E-state index is -0.329. The first-order valence-corrected chi connectivity index (χ1v) is 9.64. The van der Waals surface area contributed by atoms with E-state index in [1.54, 1.807) is 0 Å². The lowest BCUT2D eigenvalue weighted by atomic mass is 9.77. The lowest BCUT2D eigenvalue weighted by molar-refractivity contribution is 0.00578. The standard InChI is InChI=1S/C23H30BNO2/c1-22(2)23(3,4)27-24(26-22)21(17-25-5)16-20-13-11-19(12-14-20)15-18-9-7-6-8-10-18/h6-14,16,25H,15,17H2,1-5H3. The molecular weight excluding hydrogens is 333 g/mol. The third-order valence-electron chi connectivity index (χ3n) is 5.52. The van der Waals surface area contributed by atoms with Gasteiger partial charge in [0.05, 0.1) is 11.2 Å². The topological polar surface area (TPSA) is 30.5 Å². The van der Waals surface area contributed by atoms with Crippen LogP contribution in [0.15, 0.2) is 60.1 Å². The SMILES string of the molecule is CNCC(=Cc1ccc(Cc2ccccc2)cc1)B1OC(C)(C)C(C)(C)O1. The van der Waals surface area contributed by atoms with Gasteiger partial charge >= 0.3 is 7.12 Å². The minimum absolute atomic E-state index is 0.327. The van der Waals surface area contributed by atoms with Crippen molar-refractivity contribution in [3.63, 3.8) is 0 Å². The third-order valence-corrected chi connectivity index (χ3v) is 5.52. The molecule has 0 unspecified atom stereocenters. The van der Waals surface area contributed by atoms with Crippen LogP contribution in [0.5, 0.6) is 0 Å². The Morgan fingerprint density at radius 1 is 0.889 bits per heavy atom. The molecule has 142 valence electrons. The van der Waals surface area contributed by atoms with Crippen molar-refractivity contribution < 1.29 is 9.31 Å². The zero-order chi connectivity index (χ0) is 19.5. The molecule has 1 N–H and O–H groups in total. The van der Waals surface area contributed by atoms with Gasteiger partial charge in [-0.3, -0.25) is 0 Å². The maximum Gasteiger partial charge on any atom is 0.491 e. The molecule has 3 rings (SSSR count). The van der Waals surface area contributed by atoms with Gasteiger partial charge in [-0.15, -0.1) is 0 Å². The van der Waals surface area contributed by atoms with Gasteiger partial charge in [-0.2, -0.15) is 0 Å². The Morgan fingerprint density at radius 2 is 1.44 bits per heavy atom. The number of rotatable bonds is 6. The van der Waals surface area contributed by atoms with Crippen LogP contribution in [0.2, 0.25) is 0 Å². The van der Waals surface area contributed by atoms with Gasteiger partial charge in [-0.05, 0) is 63.3 Å². The van der Waals surface area contributed by atoms with Gasteiger partial charge in [0.1, 0.15) is 0 Å². The van der Waals surface area contributed by atoms with Crippen LogP contribution in [0.25, 0.3) is 6.08 Å². The predicted molar refractivity (Wildman–Crippen MR) is 114 cm³/mol. The summed E-state index contributed by atoms with van der Waals surface area (Å²) in [6.07, 6.45) is 3.12. The van der Waals surface area contributed by atoms with Crippen molar-refractivity contribution in [2.75, 3.05) is 13.6 Å². The minimum Gasteiger partial charge on any atom is -0.400 e. The number of hydrogen-bond donors (Lipinski definition) is 1. The van der Waals surface area contributed by atoms with E-state index in [4.69, 9.17) is 9.31 Å². The fourth-order valence-electron chi connectivity index (χ4n) is 3.18. The maximum atomic E-state index is 6.22. The zero-order valence-corrected chi connectivity index (χ0v) is 17.1. The molecule has 1 aliphatic heterocycles. The molecule has 4 heteroatoms. The van der Waals surface area contributed by atoms with Crippen molar-refractivity contribution in [3.8, 4) is 0 Å². The lowest BCUT2D eigenvalue weighted by Crippen LogP contribution is -2.41. The predicted octanol–water partition coefficient (Wildman–Crippen LogP) is 4.51. The first kappa shape index (κ1) is 19.9. The highest BCUT2D eigenvalue weighted by Crippen LogP contribution is 2.38. The van der Waals surface area contributed by atoms with Crippen LogP contribution in [0.4, 0.5) is 0 Å². The van der Waals surface area contributed by atoms with E-state index >= 15 is 0 Å². The summed E-state index contributed by atoms with van der Waals surface area (Å²) in [5, 5.41) is 3.24. The van der Waals surface area contributed by atoms with E-state index in [-0.39, 0.29) is 18.3 Å². The Kier molecular flexibility index (Phi) is 5.90. The van der Waals surface area contributed by atoms with E-state index in [0.29, 0.717) is 0 Å². The molecule has 0 radical (unpaired) electrons. The second-order valence-corrected chi connectivity index (χ2v) is 8.24. The summed E-state index contributed by atoms with van der Waals surface area (Å²) in [6.45, 7) is 9.07. The van der Waals surface area contributed by atoms with E-state index in [1.165, 1.54) is 11.1 Å². The molecule has 2 aromatic carbocycles. The van der Waals surface area contributed by atoms with E-state index < -0.39 is 0 Å². The summed E-state index contributed by atoms with van der Waals surface area (Å²) in [5.41, 5.74) is 4.24. The highest BCUT2D eigenvalue weighted by Gasteiger charge is 2.52. The van der Waals surface area contributed by atoms with E-state index in [1.807, 2.05) is 7.05 Å². The van der Waals surface area contributed by atoms with Gasteiger partial charge in [0, 0.05) is 6.54 Å². The molecule has 0 amide bonds. The number of likely N-dealkylation sites (N-methyl/N-ethyl adjacent to an activating group) is 1. The summed E-state index contributed by atoms with van der Waals surface area (Å²) in [6, 6.07) is 19.3. The van der Waals surface area contributed by atoms with Crippen LogP contribution in [-0.2, 0) is 15.7 Å². The van der Waals surface area contributed by atoms with E-state index in [0.717, 1.165) is 24.0 Å². The van der Waals surface area contributed by atoms with Crippen LogP contribution < -0.4 is 5.32 Å². The first-order valence-electron chi connectivity index (χ1n) is 9.64. The van der Waals surface area contributed by atoms with Gasteiger partial charge in [0.15, 0.2) is 0 Å². The van der Waals surface area contributed by atoms with Gasteiger partial charge in [-0.25, -0.2) is 0 Å². The molecule has 2 aromatic rings. The lowest BCUT2D eigenvalue weighted by Gasteiger charge is -2.32. The molecule has 0 aromatic heterocycles. The molecule has 0 bridgehead atoms. The van der Waals surface area contributed by atoms with E-state index in [9.17, 15) is 0 Å². The summed E-state index contributed by atoms with van der Waals surface area (Å²) in [5.74, 6) is 0. The molecule has 0 atom stereocenters. The quantitative estimate of drug-likeness (QED) is 0.766. The normalized spacial score (nSPS) is 18.7. The molecule has 1 saturated heterocycles. The number of nitrogens with one attached hydrogen (secondary N) is 1. The van der Waals surface area contributed by atoms with Crippen molar-refractivity contribution in [2.45, 2.75) is 45.3 Å². The number of benzene rings is 2. The molecule has 1 fully saturated rings. The van der Waals surface area contributed by atoms with Gasteiger partial charge < -0.3 is 14.6 Å². The molecule has 0 aliphatic carbocycles. The highest BCUT2D eigenvalue weighted by molar-refractivity contribution is 6.55. The molecule has 1 heterocycles. The average molecular weight is 363 g/mol. The summed E-state index contributed by atoms with van der Waals surface area (Å²) in [4.78, 5) is 0. The second kappa shape index (κ2) is 8.01. The van der Waals surface area contributed by atoms with Crippen LogP contribution in [-0.4, -0.2) is 31.9 Å². The largest absolute Gasteiger partial charge is 0.491 e. The molecular formula is C23H30BNO2. The second-order valence-electron chi connectivity index (χ2n) is 8.24. The first-order chi connectivity index (χ1) is 12.8. The Hall–Kier alpha value is -1.88. The van der Waals surface area contributed by atoms with Crippen LogP contribution >= 0.6 is 0 Å². The molecule has 0 saturated carbocycles. The van der Waals surface area contributed by atoms with Crippen LogP contribution in [0.1, 0.15) is 44.4 Å². The van der Waals surface area contributed by atoms with Gasteiger partial charge in [-0.1, -0.05) is 60.7 Å². The monoisotopic (exact) mass is 363 g/mol. The summed E-state index contributed by atoms with van der Waals surface area (Å²) >= 11 is 0. The summed E-state index contributed by atoms with van der Waals surface area (Å²) < 4.78 is 12.4. The van der Waals surface area contributed by atoms with Gasteiger partial charge in [0.2, 0.25) is 0 Å². The average Bonchev–Trinajstić information content (AvgIpc) is 2.85. The zero-order valence-electron chi connectivity index (χ0n) is 17.1. The van der Waals surface area contributed by atoms with E-state index in [2.05, 4.69) is 93.7 Å². The van der Waals surface area contributed by atoms with Crippen molar-refractivity contribution in [3.05, 3.63) is 76.8 Å². The fraction of sp³-hybridized carbons (Fsp3) is 0.391. The smallest absolute Gasteiger partial charge is 0.400 e. The van der Waals surface area contributed by atoms with Crippen molar-refractivity contribution >= 4 is 13.2 Å². The van der Waals surface area contributed by atoms with Crippen LogP contribution in [0.3, 0.4) is 0 Å². The Balaban J connectivity index is 1.76. The molecule has 1 aliphatic rings. The Labute approximate surface area is 163 Å². The van der Waals surface area contributed by atoms with Gasteiger partial charge in [0.25, 0.3) is 0 Å². The summed E-state index contributed by atoms with van der Waals surface area (Å²) in [7, 11) is 1.62. The Bertz CT molecular complexity index is 766. The fourth-order valence-corrected chi connectivity index (χ4v) is 3.18. The number of hydrogen-bond acceptors (Lipinski definition) is 3. The third kappa shape index (κ3) is 4.70.